The van der Waals surface area contributed by atoms with Crippen LogP contribution in [0.1, 0.15) is 37.5 Å². The van der Waals surface area contributed by atoms with Crippen molar-refractivity contribution in [3.05, 3.63) is 48.3 Å². The van der Waals surface area contributed by atoms with Crippen molar-refractivity contribution in [1.29, 1.82) is 0 Å². The SMILES string of the molecule is C[C@@H]1C(=O)[C@@H](C)[C@H](c2ccco2)[NH2+][C@@H]1c1ccco1. The van der Waals surface area contributed by atoms with E-state index in [0.29, 0.717) is 0 Å². The molecule has 4 atom stereocenters. The highest BCUT2D eigenvalue weighted by atomic mass is 16.3. The number of carbonyl (C=O) groups excluding carboxylic acids is 1. The standard InChI is InChI=1S/C15H17NO3/c1-9-13(11-5-3-7-18-11)16-14(10(2)15(9)17)12-6-4-8-19-12/h3-10,13-14,16H,1-2H3/p+1/t9-,10-,13-,14+/m0/s1. The zero-order valence-electron chi connectivity index (χ0n) is 11.1. The predicted octanol–water partition coefficient (Wildman–Crippen LogP) is 2.07. The minimum atomic E-state index is -0.0487. The monoisotopic (exact) mass is 260 g/mol. The molecule has 0 radical (unpaired) electrons. The van der Waals surface area contributed by atoms with E-state index in [1.807, 2.05) is 38.1 Å². The van der Waals surface area contributed by atoms with Crippen molar-refractivity contribution in [3.63, 3.8) is 0 Å². The summed E-state index contributed by atoms with van der Waals surface area (Å²) in [7, 11) is 0. The van der Waals surface area contributed by atoms with E-state index in [1.165, 1.54) is 0 Å². The lowest BCUT2D eigenvalue weighted by Gasteiger charge is -2.33. The molecule has 0 spiro atoms. The summed E-state index contributed by atoms with van der Waals surface area (Å²) in [5, 5.41) is 2.19. The predicted molar refractivity (Wildman–Crippen MR) is 68.2 cm³/mol. The average Bonchev–Trinajstić information content (AvgIpc) is 3.08. The fourth-order valence-corrected chi connectivity index (χ4v) is 2.97. The maximum Gasteiger partial charge on any atom is 0.161 e. The fourth-order valence-electron chi connectivity index (χ4n) is 2.97. The van der Waals surface area contributed by atoms with Gasteiger partial charge in [-0.2, -0.15) is 0 Å². The molecule has 0 aliphatic carbocycles. The van der Waals surface area contributed by atoms with Gasteiger partial charge in [0, 0.05) is 0 Å². The number of hydrogen-bond acceptors (Lipinski definition) is 3. The molecule has 1 fully saturated rings. The Hall–Kier alpha value is -1.81. The summed E-state index contributed by atoms with van der Waals surface area (Å²) >= 11 is 0. The van der Waals surface area contributed by atoms with Gasteiger partial charge in [0.25, 0.3) is 0 Å². The Morgan fingerprint density at radius 1 is 0.947 bits per heavy atom. The molecule has 3 heterocycles. The van der Waals surface area contributed by atoms with Crippen LogP contribution in [0.2, 0.25) is 0 Å². The minimum absolute atomic E-state index is 0.0220. The molecular formula is C15H18NO3+. The maximum absolute atomic E-state index is 12.4. The van der Waals surface area contributed by atoms with Gasteiger partial charge in [-0.1, -0.05) is 0 Å². The Kier molecular flexibility index (Phi) is 3.03. The molecule has 1 aliphatic heterocycles. The molecule has 1 saturated heterocycles. The zero-order valence-corrected chi connectivity index (χ0v) is 11.1. The first-order valence-corrected chi connectivity index (χ1v) is 6.64. The Morgan fingerprint density at radius 2 is 1.42 bits per heavy atom. The smallest absolute Gasteiger partial charge is 0.161 e. The number of quaternary nitrogens is 1. The lowest BCUT2D eigenvalue weighted by Crippen LogP contribution is -2.91. The lowest BCUT2D eigenvalue weighted by atomic mass is 9.79. The average molecular weight is 260 g/mol. The summed E-state index contributed by atoms with van der Waals surface area (Å²) in [5.74, 6) is 1.87. The number of rotatable bonds is 2. The Morgan fingerprint density at radius 3 is 1.79 bits per heavy atom. The van der Waals surface area contributed by atoms with Crippen molar-refractivity contribution in [2.45, 2.75) is 25.9 Å². The largest absolute Gasteiger partial charge is 0.463 e. The summed E-state index contributed by atoms with van der Waals surface area (Å²) in [6.07, 6.45) is 3.31. The molecule has 2 aromatic rings. The van der Waals surface area contributed by atoms with Crippen LogP contribution in [0.3, 0.4) is 0 Å². The van der Waals surface area contributed by atoms with Crippen molar-refractivity contribution in [3.8, 4) is 0 Å². The number of piperidine rings is 1. The van der Waals surface area contributed by atoms with Crippen LogP contribution in [-0.2, 0) is 4.79 Å². The van der Waals surface area contributed by atoms with Crippen molar-refractivity contribution in [2.75, 3.05) is 0 Å². The van der Waals surface area contributed by atoms with Crippen molar-refractivity contribution >= 4 is 5.78 Å². The van der Waals surface area contributed by atoms with E-state index in [9.17, 15) is 4.79 Å². The van der Waals surface area contributed by atoms with Gasteiger partial charge in [0.2, 0.25) is 0 Å². The molecule has 100 valence electrons. The van der Waals surface area contributed by atoms with Gasteiger partial charge < -0.3 is 14.2 Å². The van der Waals surface area contributed by atoms with Gasteiger partial charge in [0.1, 0.15) is 0 Å². The molecule has 0 amide bonds. The number of furan rings is 2. The summed E-state index contributed by atoms with van der Waals surface area (Å²) < 4.78 is 11.0. The van der Waals surface area contributed by atoms with Crippen LogP contribution in [0, 0.1) is 11.8 Å². The molecule has 4 heteroatoms. The number of hydrogen-bond donors (Lipinski definition) is 1. The van der Waals surface area contributed by atoms with E-state index >= 15 is 0 Å². The second-order valence-corrected chi connectivity index (χ2v) is 5.25. The van der Waals surface area contributed by atoms with Crippen LogP contribution >= 0.6 is 0 Å². The highest BCUT2D eigenvalue weighted by molar-refractivity contribution is 5.84. The number of carbonyl (C=O) groups is 1. The highest BCUT2D eigenvalue weighted by Gasteiger charge is 2.45. The third-order valence-corrected chi connectivity index (χ3v) is 4.13. The van der Waals surface area contributed by atoms with Crippen molar-refractivity contribution < 1.29 is 18.9 Å². The molecule has 1 aliphatic rings. The topological polar surface area (TPSA) is 60.0 Å². The van der Waals surface area contributed by atoms with Gasteiger partial charge in [-0.25, -0.2) is 0 Å². The van der Waals surface area contributed by atoms with E-state index in [1.54, 1.807) is 12.5 Å². The second kappa shape index (κ2) is 4.70. The lowest BCUT2D eigenvalue weighted by molar-refractivity contribution is -0.751. The summed E-state index contributed by atoms with van der Waals surface area (Å²) in [5.41, 5.74) is 0. The van der Waals surface area contributed by atoms with Crippen LogP contribution in [-0.4, -0.2) is 5.78 Å². The molecule has 19 heavy (non-hydrogen) atoms. The molecule has 2 aromatic heterocycles. The highest BCUT2D eigenvalue weighted by Crippen LogP contribution is 2.32. The molecule has 3 rings (SSSR count). The van der Waals surface area contributed by atoms with Gasteiger partial charge in [-0.05, 0) is 38.1 Å². The van der Waals surface area contributed by atoms with Crippen LogP contribution < -0.4 is 5.32 Å². The van der Waals surface area contributed by atoms with Gasteiger partial charge in [-0.15, -0.1) is 0 Å². The van der Waals surface area contributed by atoms with Crippen LogP contribution in [0.5, 0.6) is 0 Å². The minimum Gasteiger partial charge on any atom is -0.463 e. The first-order chi connectivity index (χ1) is 9.18. The maximum atomic E-state index is 12.4. The van der Waals surface area contributed by atoms with Gasteiger partial charge in [-0.3, -0.25) is 4.79 Å². The van der Waals surface area contributed by atoms with Gasteiger partial charge in [0.15, 0.2) is 29.4 Å². The zero-order chi connectivity index (χ0) is 13.4. The Bertz CT molecular complexity index is 496. The van der Waals surface area contributed by atoms with E-state index in [-0.39, 0.29) is 29.7 Å². The first kappa shape index (κ1) is 12.2. The number of ketones is 1. The fraction of sp³-hybridized carbons (Fsp3) is 0.400. The molecule has 0 bridgehead atoms. The van der Waals surface area contributed by atoms with E-state index in [4.69, 9.17) is 8.83 Å². The first-order valence-electron chi connectivity index (χ1n) is 6.64. The van der Waals surface area contributed by atoms with Gasteiger partial charge >= 0.3 is 0 Å². The van der Waals surface area contributed by atoms with Crippen LogP contribution in [0.25, 0.3) is 0 Å². The summed E-state index contributed by atoms with van der Waals surface area (Å²) in [6.45, 7) is 3.95. The number of Topliss-reactive ketones (excluding diaryl/α,β-unsaturated/α-hetero) is 1. The van der Waals surface area contributed by atoms with E-state index in [0.717, 1.165) is 11.5 Å². The molecule has 2 N–H and O–H groups in total. The van der Waals surface area contributed by atoms with Crippen molar-refractivity contribution in [2.24, 2.45) is 11.8 Å². The molecule has 0 saturated carbocycles. The van der Waals surface area contributed by atoms with Gasteiger partial charge in [0.05, 0.1) is 24.4 Å². The van der Waals surface area contributed by atoms with Crippen LogP contribution in [0.15, 0.2) is 45.6 Å². The summed E-state index contributed by atoms with van der Waals surface area (Å²) in [4.78, 5) is 12.4. The summed E-state index contributed by atoms with van der Waals surface area (Å²) in [6, 6.07) is 7.63. The molecule has 0 aromatic carbocycles. The molecular weight excluding hydrogens is 242 g/mol. The Labute approximate surface area is 111 Å². The van der Waals surface area contributed by atoms with E-state index < -0.39 is 0 Å². The van der Waals surface area contributed by atoms with E-state index in [2.05, 4.69) is 5.32 Å². The molecule has 4 nitrogen and oxygen atoms in total. The number of nitrogens with two attached hydrogens (primary N) is 1. The normalized spacial score (nSPS) is 31.6. The van der Waals surface area contributed by atoms with Crippen LogP contribution in [0.4, 0.5) is 0 Å². The quantitative estimate of drug-likeness (QED) is 0.899. The van der Waals surface area contributed by atoms with Crippen molar-refractivity contribution in [1.82, 2.24) is 0 Å². The third kappa shape index (κ3) is 2.02. The third-order valence-electron chi connectivity index (χ3n) is 4.13. The Balaban J connectivity index is 1.93. The second-order valence-electron chi connectivity index (χ2n) is 5.25. The molecule has 0 unspecified atom stereocenters.